The zero-order valence-electron chi connectivity index (χ0n) is 10.4. The van der Waals surface area contributed by atoms with Crippen LogP contribution in [0.1, 0.15) is 5.56 Å². The SMILES string of the molecule is Cc1ccc(-c2n[nH]nc2-c2ccccc2Br)cc1. The standard InChI is InChI=1S/C15H12BrN3/c1-10-6-8-11(9-7-10)14-15(18-19-17-14)12-4-2-3-5-13(12)16/h2-9H,1H3,(H,17,18,19). The van der Waals surface area contributed by atoms with Gasteiger partial charge < -0.3 is 0 Å². The Hall–Kier alpha value is -1.94. The molecule has 1 heterocycles. The lowest BCUT2D eigenvalue weighted by molar-refractivity contribution is 0.944. The van der Waals surface area contributed by atoms with Crippen molar-refractivity contribution in [3.63, 3.8) is 0 Å². The van der Waals surface area contributed by atoms with Gasteiger partial charge in [0.25, 0.3) is 0 Å². The van der Waals surface area contributed by atoms with E-state index in [0.717, 1.165) is 27.0 Å². The van der Waals surface area contributed by atoms with Crippen LogP contribution in [-0.4, -0.2) is 15.4 Å². The first-order valence-corrected chi connectivity index (χ1v) is 6.78. The molecule has 0 amide bonds. The number of nitrogens with zero attached hydrogens (tertiary/aromatic N) is 2. The van der Waals surface area contributed by atoms with Crippen LogP contribution >= 0.6 is 15.9 Å². The smallest absolute Gasteiger partial charge is 0.121 e. The van der Waals surface area contributed by atoms with Crippen LogP contribution in [0.5, 0.6) is 0 Å². The molecule has 0 bridgehead atoms. The van der Waals surface area contributed by atoms with Crippen LogP contribution in [0, 0.1) is 6.92 Å². The molecule has 0 aliphatic heterocycles. The largest absolute Gasteiger partial charge is 0.197 e. The predicted octanol–water partition coefficient (Wildman–Crippen LogP) is 4.21. The molecule has 0 aliphatic rings. The summed E-state index contributed by atoms with van der Waals surface area (Å²) in [6.07, 6.45) is 0. The monoisotopic (exact) mass is 313 g/mol. The van der Waals surface area contributed by atoms with Gasteiger partial charge in [-0.3, -0.25) is 0 Å². The van der Waals surface area contributed by atoms with E-state index < -0.39 is 0 Å². The lowest BCUT2D eigenvalue weighted by Crippen LogP contribution is -1.85. The highest BCUT2D eigenvalue weighted by Crippen LogP contribution is 2.32. The minimum atomic E-state index is 0.858. The Kier molecular flexibility index (Phi) is 3.17. The number of rotatable bonds is 2. The van der Waals surface area contributed by atoms with Gasteiger partial charge >= 0.3 is 0 Å². The Labute approximate surface area is 119 Å². The van der Waals surface area contributed by atoms with Crippen LogP contribution < -0.4 is 0 Å². The van der Waals surface area contributed by atoms with Crippen LogP contribution in [0.4, 0.5) is 0 Å². The van der Waals surface area contributed by atoms with Gasteiger partial charge in [-0.15, -0.1) is 0 Å². The van der Waals surface area contributed by atoms with Crippen LogP contribution in [-0.2, 0) is 0 Å². The van der Waals surface area contributed by atoms with E-state index in [2.05, 4.69) is 62.5 Å². The molecule has 94 valence electrons. The van der Waals surface area contributed by atoms with Gasteiger partial charge in [-0.25, -0.2) is 0 Å². The van der Waals surface area contributed by atoms with Crippen LogP contribution in [0.25, 0.3) is 22.5 Å². The highest BCUT2D eigenvalue weighted by molar-refractivity contribution is 9.10. The average molecular weight is 314 g/mol. The molecule has 0 aliphatic carbocycles. The number of nitrogens with one attached hydrogen (secondary N) is 1. The van der Waals surface area contributed by atoms with Crippen LogP contribution in [0.2, 0.25) is 0 Å². The van der Waals surface area contributed by atoms with Crippen LogP contribution in [0.3, 0.4) is 0 Å². The van der Waals surface area contributed by atoms with E-state index >= 15 is 0 Å². The lowest BCUT2D eigenvalue weighted by atomic mass is 10.0. The summed E-state index contributed by atoms with van der Waals surface area (Å²) in [7, 11) is 0. The van der Waals surface area contributed by atoms with Crippen molar-refractivity contribution in [3.8, 4) is 22.5 Å². The molecule has 4 heteroatoms. The van der Waals surface area contributed by atoms with Gasteiger partial charge in [-0.1, -0.05) is 64.0 Å². The third kappa shape index (κ3) is 2.31. The molecule has 1 aromatic heterocycles. The highest BCUT2D eigenvalue weighted by Gasteiger charge is 2.14. The summed E-state index contributed by atoms with van der Waals surface area (Å²) in [6.45, 7) is 2.07. The van der Waals surface area contributed by atoms with E-state index in [4.69, 9.17) is 0 Å². The molecule has 1 N–H and O–H groups in total. The van der Waals surface area contributed by atoms with Crippen molar-refractivity contribution >= 4 is 15.9 Å². The molecule has 0 atom stereocenters. The second-order valence-corrected chi connectivity index (χ2v) is 5.22. The van der Waals surface area contributed by atoms with E-state index in [1.54, 1.807) is 0 Å². The second kappa shape index (κ2) is 4.97. The molecule has 19 heavy (non-hydrogen) atoms. The normalized spacial score (nSPS) is 10.6. The summed E-state index contributed by atoms with van der Waals surface area (Å²) >= 11 is 3.55. The van der Waals surface area contributed by atoms with Crippen molar-refractivity contribution in [3.05, 3.63) is 58.6 Å². The molecule has 0 saturated heterocycles. The zero-order valence-corrected chi connectivity index (χ0v) is 12.0. The average Bonchev–Trinajstić information content (AvgIpc) is 2.89. The maximum Gasteiger partial charge on any atom is 0.121 e. The predicted molar refractivity (Wildman–Crippen MR) is 79.7 cm³/mol. The maximum absolute atomic E-state index is 4.28. The minimum Gasteiger partial charge on any atom is -0.197 e. The number of aryl methyl sites for hydroxylation is 1. The number of H-pyrrole nitrogens is 1. The highest BCUT2D eigenvalue weighted by atomic mass is 79.9. The molecule has 0 radical (unpaired) electrons. The summed E-state index contributed by atoms with van der Waals surface area (Å²) in [6, 6.07) is 16.3. The van der Waals surface area contributed by atoms with Gasteiger partial charge in [0.15, 0.2) is 0 Å². The second-order valence-electron chi connectivity index (χ2n) is 4.37. The topological polar surface area (TPSA) is 41.6 Å². The lowest BCUT2D eigenvalue weighted by Gasteiger charge is -2.03. The summed E-state index contributed by atoms with van der Waals surface area (Å²) in [5, 5.41) is 11.3. The number of aromatic nitrogens is 3. The molecule has 3 rings (SSSR count). The number of benzene rings is 2. The molecule has 2 aromatic carbocycles. The van der Waals surface area contributed by atoms with E-state index in [1.165, 1.54) is 5.56 Å². The Balaban J connectivity index is 2.13. The Morgan fingerprint density at radius 1 is 0.895 bits per heavy atom. The van der Waals surface area contributed by atoms with Crippen LogP contribution in [0.15, 0.2) is 53.0 Å². The fourth-order valence-corrected chi connectivity index (χ4v) is 2.46. The summed E-state index contributed by atoms with van der Waals surface area (Å²) < 4.78 is 1.01. The van der Waals surface area contributed by atoms with Gasteiger partial charge in [0, 0.05) is 15.6 Å². The molecule has 3 nitrogen and oxygen atoms in total. The summed E-state index contributed by atoms with van der Waals surface area (Å²) in [4.78, 5) is 0. The number of aromatic amines is 1. The third-order valence-electron chi connectivity index (χ3n) is 3.00. The molecular weight excluding hydrogens is 302 g/mol. The Morgan fingerprint density at radius 3 is 2.32 bits per heavy atom. The van der Waals surface area contributed by atoms with Crippen molar-refractivity contribution in [2.75, 3.05) is 0 Å². The molecule has 0 spiro atoms. The summed E-state index contributed by atoms with van der Waals surface area (Å²) in [5.41, 5.74) is 5.05. The first-order valence-electron chi connectivity index (χ1n) is 5.98. The Morgan fingerprint density at radius 2 is 1.58 bits per heavy atom. The zero-order chi connectivity index (χ0) is 13.2. The molecule has 3 aromatic rings. The van der Waals surface area contributed by atoms with E-state index in [0.29, 0.717) is 0 Å². The first kappa shape index (κ1) is 12.1. The first-order chi connectivity index (χ1) is 9.25. The number of hydrogen-bond acceptors (Lipinski definition) is 2. The fraction of sp³-hybridized carbons (Fsp3) is 0.0667. The van der Waals surface area contributed by atoms with Gasteiger partial charge in [-0.2, -0.15) is 15.4 Å². The van der Waals surface area contributed by atoms with E-state index in [-0.39, 0.29) is 0 Å². The summed E-state index contributed by atoms with van der Waals surface area (Å²) in [5.74, 6) is 0. The Bertz CT molecular complexity index is 701. The maximum atomic E-state index is 4.28. The van der Waals surface area contributed by atoms with Crippen molar-refractivity contribution in [1.29, 1.82) is 0 Å². The van der Waals surface area contributed by atoms with Gasteiger partial charge in [0.2, 0.25) is 0 Å². The quantitative estimate of drug-likeness (QED) is 0.770. The van der Waals surface area contributed by atoms with Gasteiger partial charge in [0.05, 0.1) is 0 Å². The van der Waals surface area contributed by atoms with Gasteiger partial charge in [0.1, 0.15) is 11.4 Å². The third-order valence-corrected chi connectivity index (χ3v) is 3.69. The molecular formula is C15H12BrN3. The molecule has 0 unspecified atom stereocenters. The number of halogens is 1. The van der Waals surface area contributed by atoms with Crippen molar-refractivity contribution in [2.45, 2.75) is 6.92 Å². The van der Waals surface area contributed by atoms with E-state index in [1.807, 2.05) is 24.3 Å². The molecule has 0 fully saturated rings. The fourth-order valence-electron chi connectivity index (χ4n) is 1.98. The minimum absolute atomic E-state index is 0.858. The van der Waals surface area contributed by atoms with Gasteiger partial charge in [-0.05, 0) is 13.0 Å². The van der Waals surface area contributed by atoms with Crippen molar-refractivity contribution in [1.82, 2.24) is 15.4 Å². The van der Waals surface area contributed by atoms with Crippen molar-refractivity contribution in [2.24, 2.45) is 0 Å². The van der Waals surface area contributed by atoms with E-state index in [9.17, 15) is 0 Å². The van der Waals surface area contributed by atoms with Crippen molar-refractivity contribution < 1.29 is 0 Å². The molecule has 0 saturated carbocycles. The number of hydrogen-bond donors (Lipinski definition) is 1.